The van der Waals surface area contributed by atoms with Gasteiger partial charge in [-0.15, -0.1) is 33.2 Å². The molecule has 0 N–H and O–H groups in total. The molecular weight excluding hydrogens is 291 g/mol. The van der Waals surface area contributed by atoms with Crippen LogP contribution in [0.15, 0.2) is 0 Å². The van der Waals surface area contributed by atoms with E-state index in [1.807, 2.05) is 13.8 Å². The summed E-state index contributed by atoms with van der Waals surface area (Å²) in [6, 6.07) is -2.62. The Bertz CT molecular complexity index is 197. The summed E-state index contributed by atoms with van der Waals surface area (Å²) in [5, 5.41) is 0.131. The monoisotopic (exact) mass is 308 g/mol. The van der Waals surface area contributed by atoms with E-state index in [-0.39, 0.29) is 10.8 Å². The van der Waals surface area contributed by atoms with E-state index >= 15 is 0 Å². The van der Waals surface area contributed by atoms with Crippen LogP contribution in [-0.2, 0) is 4.43 Å². The Kier molecular flexibility index (Phi) is 5.28. The van der Waals surface area contributed by atoms with Crippen LogP contribution in [0.1, 0.15) is 13.8 Å². The van der Waals surface area contributed by atoms with Crippen molar-refractivity contribution in [2.24, 2.45) is 0 Å². The van der Waals surface area contributed by atoms with Crippen LogP contribution in [0.4, 0.5) is 0 Å². The van der Waals surface area contributed by atoms with Crippen molar-refractivity contribution in [3.8, 4) is 0 Å². The molecule has 1 nitrogen and oxygen atoms in total. The van der Waals surface area contributed by atoms with E-state index in [0.29, 0.717) is 0 Å². The van der Waals surface area contributed by atoms with Crippen molar-refractivity contribution in [2.75, 3.05) is 0 Å². The molecule has 0 aliphatic heterocycles. The molecule has 1 unspecified atom stereocenters. The highest BCUT2D eigenvalue weighted by atomic mass is 35.8. The van der Waals surface area contributed by atoms with Crippen LogP contribution in [0.3, 0.4) is 0 Å². The van der Waals surface area contributed by atoms with Gasteiger partial charge in [0, 0.05) is 15.4 Å². The SMILES string of the molecule is CC(C)(O[Si](C)(C)C)C([SiH3])[Si](Cl)(Cl)Cl. The van der Waals surface area contributed by atoms with E-state index in [1.165, 1.54) is 0 Å². The molecule has 0 heterocycles. The normalized spacial score (nSPS) is 17.1. The van der Waals surface area contributed by atoms with E-state index in [9.17, 15) is 0 Å². The fourth-order valence-corrected chi connectivity index (χ4v) is 6.71. The zero-order chi connectivity index (χ0) is 11.8. The predicted octanol–water partition coefficient (Wildman–Crippen LogP) is 2.96. The van der Waals surface area contributed by atoms with E-state index in [4.69, 9.17) is 37.7 Å². The molecule has 0 aliphatic rings. The molecule has 0 aliphatic carbocycles. The molecule has 0 aromatic heterocycles. The first-order chi connectivity index (χ1) is 5.86. The van der Waals surface area contributed by atoms with Gasteiger partial charge < -0.3 is 4.43 Å². The minimum Gasteiger partial charge on any atom is -0.413 e. The number of rotatable bonds is 4. The van der Waals surface area contributed by atoms with Gasteiger partial charge in [0.1, 0.15) is 0 Å². The predicted molar refractivity (Wildman–Crippen MR) is 75.5 cm³/mol. The molecule has 86 valence electrons. The van der Waals surface area contributed by atoms with Gasteiger partial charge in [-0.2, -0.15) is 0 Å². The summed E-state index contributed by atoms with van der Waals surface area (Å²) in [7, 11) is -0.703. The Hall–Kier alpha value is 1.48. The number of hydrogen-bond donors (Lipinski definition) is 0. The number of halogens is 3. The minimum atomic E-state index is -2.62. The summed E-state index contributed by atoms with van der Waals surface area (Å²) in [6.07, 6.45) is 0. The minimum absolute atomic E-state index is 0.131. The topological polar surface area (TPSA) is 9.23 Å². The van der Waals surface area contributed by atoms with Crippen LogP contribution in [0.25, 0.3) is 0 Å². The lowest BCUT2D eigenvalue weighted by Gasteiger charge is -2.39. The molecule has 0 fully saturated rings. The second-order valence-corrected chi connectivity index (χ2v) is 20.9. The first-order valence-corrected chi connectivity index (χ1v) is 14.3. The highest BCUT2D eigenvalue weighted by Crippen LogP contribution is 2.41. The maximum Gasteiger partial charge on any atom is 0.343 e. The third kappa shape index (κ3) is 5.53. The first kappa shape index (κ1) is 15.5. The first-order valence-electron chi connectivity index (χ1n) is 4.63. The Morgan fingerprint density at radius 3 is 1.71 bits per heavy atom. The Labute approximate surface area is 106 Å². The summed E-state index contributed by atoms with van der Waals surface area (Å²) in [5.41, 5.74) is -0.284. The molecule has 0 amide bonds. The third-order valence-corrected chi connectivity index (χ3v) is 15.1. The van der Waals surface area contributed by atoms with Crippen LogP contribution < -0.4 is 0 Å². The Balaban J connectivity index is 4.63. The molecule has 7 heteroatoms. The zero-order valence-corrected chi connectivity index (χ0v) is 15.9. The maximum absolute atomic E-state index is 6.07. The van der Waals surface area contributed by atoms with Crippen LogP contribution in [-0.4, -0.2) is 30.2 Å². The second kappa shape index (κ2) is 4.77. The molecule has 1 atom stereocenters. The fraction of sp³-hybridized carbons (Fsp3) is 1.00. The van der Waals surface area contributed by atoms with Crippen molar-refractivity contribution in [3.63, 3.8) is 0 Å². The highest BCUT2D eigenvalue weighted by Gasteiger charge is 2.45. The van der Waals surface area contributed by atoms with E-state index < -0.39 is 14.3 Å². The lowest BCUT2D eigenvalue weighted by molar-refractivity contribution is 0.112. The third-order valence-electron chi connectivity index (χ3n) is 2.10. The van der Waals surface area contributed by atoms with Gasteiger partial charge in [0.25, 0.3) is 0 Å². The van der Waals surface area contributed by atoms with Gasteiger partial charge in [0.15, 0.2) is 8.32 Å². The van der Waals surface area contributed by atoms with Crippen LogP contribution in [0, 0.1) is 0 Å². The molecular formula is C7H19Cl3OSi3. The zero-order valence-electron chi connectivity index (χ0n) is 9.62. The van der Waals surface area contributed by atoms with Crippen molar-refractivity contribution < 1.29 is 4.43 Å². The molecule has 0 rings (SSSR count). The van der Waals surface area contributed by atoms with Crippen molar-refractivity contribution >= 4 is 57.8 Å². The Morgan fingerprint density at radius 2 is 1.50 bits per heavy atom. The highest BCUT2D eigenvalue weighted by molar-refractivity contribution is 7.66. The van der Waals surface area contributed by atoms with Crippen molar-refractivity contribution in [2.45, 2.75) is 44.3 Å². The van der Waals surface area contributed by atoms with Gasteiger partial charge in [-0.3, -0.25) is 0 Å². The van der Waals surface area contributed by atoms with Crippen molar-refractivity contribution in [1.29, 1.82) is 0 Å². The standard InChI is InChI=1S/C7H19Cl3OSi3/c1-7(2,11-13(3,4)5)6(12)14(8,9)10/h6H,1-5,12H3. The summed E-state index contributed by atoms with van der Waals surface area (Å²) in [6.45, 7) is 10.5. The van der Waals surface area contributed by atoms with Gasteiger partial charge in [-0.25, -0.2) is 0 Å². The Morgan fingerprint density at radius 1 is 1.14 bits per heavy atom. The molecule has 14 heavy (non-hydrogen) atoms. The summed E-state index contributed by atoms with van der Waals surface area (Å²) in [4.78, 5) is 0. The van der Waals surface area contributed by atoms with Gasteiger partial charge >= 0.3 is 6.00 Å². The second-order valence-electron chi connectivity index (χ2n) is 5.08. The molecule has 0 bridgehead atoms. The van der Waals surface area contributed by atoms with Crippen LogP contribution in [0.5, 0.6) is 0 Å². The maximum atomic E-state index is 6.07. The van der Waals surface area contributed by atoms with Crippen LogP contribution in [0.2, 0.25) is 24.8 Å². The molecule has 0 aromatic carbocycles. The smallest absolute Gasteiger partial charge is 0.343 e. The fourth-order valence-electron chi connectivity index (χ4n) is 1.27. The van der Waals surface area contributed by atoms with Gasteiger partial charge in [-0.05, 0) is 33.5 Å². The van der Waals surface area contributed by atoms with Crippen molar-refractivity contribution in [3.05, 3.63) is 0 Å². The van der Waals surface area contributed by atoms with Crippen LogP contribution >= 0.6 is 33.2 Å². The summed E-state index contributed by atoms with van der Waals surface area (Å²) < 4.78 is 6.07. The lowest BCUT2D eigenvalue weighted by atomic mass is 10.2. The van der Waals surface area contributed by atoms with E-state index in [2.05, 4.69) is 19.6 Å². The van der Waals surface area contributed by atoms with E-state index in [0.717, 1.165) is 10.2 Å². The average molecular weight is 310 g/mol. The van der Waals surface area contributed by atoms with E-state index in [1.54, 1.807) is 0 Å². The molecule has 0 aromatic rings. The summed E-state index contributed by atoms with van der Waals surface area (Å²) in [5.74, 6) is 0. The van der Waals surface area contributed by atoms with Gasteiger partial charge in [-0.1, -0.05) is 0 Å². The number of hydrogen-bond acceptors (Lipinski definition) is 1. The van der Waals surface area contributed by atoms with Gasteiger partial charge in [0.05, 0.1) is 5.60 Å². The van der Waals surface area contributed by atoms with Gasteiger partial charge in [0.2, 0.25) is 0 Å². The lowest BCUT2D eigenvalue weighted by Crippen LogP contribution is -2.46. The molecule has 0 radical (unpaired) electrons. The molecule has 0 spiro atoms. The van der Waals surface area contributed by atoms with Crippen molar-refractivity contribution in [1.82, 2.24) is 0 Å². The summed E-state index contributed by atoms with van der Waals surface area (Å²) >= 11 is 18.1. The largest absolute Gasteiger partial charge is 0.413 e. The quantitative estimate of drug-likeness (QED) is 0.573. The average Bonchev–Trinajstić information content (AvgIpc) is 1.78. The molecule has 0 saturated carbocycles. The molecule has 0 saturated heterocycles.